The summed E-state index contributed by atoms with van der Waals surface area (Å²) in [5, 5.41) is 0. The predicted octanol–water partition coefficient (Wildman–Crippen LogP) is 3.18. The van der Waals surface area contributed by atoms with Crippen molar-refractivity contribution >= 4 is 0 Å². The highest BCUT2D eigenvalue weighted by molar-refractivity contribution is 5.36. The predicted molar refractivity (Wildman–Crippen MR) is 77.7 cm³/mol. The molecule has 2 N–H and O–H groups in total. The zero-order valence-electron chi connectivity index (χ0n) is 11.9. The van der Waals surface area contributed by atoms with Crippen LogP contribution in [0, 0.1) is 13.8 Å². The molecular formula is C16H26N2. The summed E-state index contributed by atoms with van der Waals surface area (Å²) >= 11 is 0. The molecule has 0 radical (unpaired) electrons. The first-order valence-corrected chi connectivity index (χ1v) is 7.17. The lowest BCUT2D eigenvalue weighted by molar-refractivity contribution is 0.108. The zero-order chi connectivity index (χ0) is 13.1. The molecule has 0 saturated carbocycles. The molecule has 1 heterocycles. The Hall–Kier alpha value is -0.860. The smallest absolute Gasteiger partial charge is 0.0478 e. The van der Waals surface area contributed by atoms with E-state index in [1.54, 1.807) is 0 Å². The molecule has 0 amide bonds. The summed E-state index contributed by atoms with van der Waals surface area (Å²) < 4.78 is 0. The van der Waals surface area contributed by atoms with Gasteiger partial charge in [-0.1, -0.05) is 24.6 Å². The number of aryl methyl sites for hydroxylation is 2. The van der Waals surface area contributed by atoms with Gasteiger partial charge in [0.1, 0.15) is 0 Å². The van der Waals surface area contributed by atoms with Gasteiger partial charge in [-0.2, -0.15) is 0 Å². The molecule has 0 bridgehead atoms. The van der Waals surface area contributed by atoms with Crippen molar-refractivity contribution in [1.82, 2.24) is 4.90 Å². The van der Waals surface area contributed by atoms with Crippen LogP contribution in [0.3, 0.4) is 0 Å². The molecule has 2 atom stereocenters. The van der Waals surface area contributed by atoms with Gasteiger partial charge >= 0.3 is 0 Å². The molecule has 1 saturated heterocycles. The Morgan fingerprint density at radius 3 is 2.50 bits per heavy atom. The van der Waals surface area contributed by atoms with E-state index in [1.165, 1.54) is 42.5 Å². The quantitative estimate of drug-likeness (QED) is 0.887. The van der Waals surface area contributed by atoms with Gasteiger partial charge in [0.2, 0.25) is 0 Å². The number of likely N-dealkylation sites (tertiary alicyclic amines) is 1. The van der Waals surface area contributed by atoms with Gasteiger partial charge in [0.05, 0.1) is 0 Å². The van der Waals surface area contributed by atoms with Crippen LogP contribution in [0.4, 0.5) is 0 Å². The van der Waals surface area contributed by atoms with Gasteiger partial charge in [-0.05, 0) is 56.8 Å². The third-order valence-corrected chi connectivity index (χ3v) is 4.35. The summed E-state index contributed by atoms with van der Waals surface area (Å²) in [6, 6.07) is 7.61. The van der Waals surface area contributed by atoms with Gasteiger partial charge < -0.3 is 5.73 Å². The maximum Gasteiger partial charge on any atom is 0.0478 e. The first-order valence-electron chi connectivity index (χ1n) is 7.17. The normalized spacial score (nSPS) is 23.0. The lowest BCUT2D eigenvalue weighted by Gasteiger charge is -2.40. The van der Waals surface area contributed by atoms with Gasteiger partial charge in [-0.15, -0.1) is 0 Å². The average molecular weight is 246 g/mol. The van der Waals surface area contributed by atoms with E-state index in [-0.39, 0.29) is 0 Å². The number of benzene rings is 1. The Labute approximate surface area is 111 Å². The van der Waals surface area contributed by atoms with E-state index in [0.29, 0.717) is 12.1 Å². The van der Waals surface area contributed by atoms with Gasteiger partial charge in [0.15, 0.2) is 0 Å². The standard InChI is InChI=1S/C16H26N2/c1-12-7-6-8-13(2)16(12)15(11-17)18-10-5-4-9-14(18)3/h6-8,14-15H,4-5,9-11,17H2,1-3H3. The molecule has 2 nitrogen and oxygen atoms in total. The molecule has 2 unspecified atom stereocenters. The van der Waals surface area contributed by atoms with E-state index in [9.17, 15) is 0 Å². The van der Waals surface area contributed by atoms with E-state index in [0.717, 1.165) is 6.54 Å². The number of nitrogens with two attached hydrogens (primary N) is 1. The summed E-state index contributed by atoms with van der Waals surface area (Å²) in [6.07, 6.45) is 3.98. The van der Waals surface area contributed by atoms with Crippen molar-refractivity contribution in [1.29, 1.82) is 0 Å². The molecule has 0 spiro atoms. The molecule has 1 aromatic rings. The van der Waals surface area contributed by atoms with Gasteiger partial charge in [0.25, 0.3) is 0 Å². The highest BCUT2D eigenvalue weighted by Crippen LogP contribution is 2.31. The third-order valence-electron chi connectivity index (χ3n) is 4.35. The van der Waals surface area contributed by atoms with Crippen molar-refractivity contribution in [2.24, 2.45) is 5.73 Å². The first-order chi connectivity index (χ1) is 8.65. The van der Waals surface area contributed by atoms with Crippen LogP contribution in [-0.2, 0) is 0 Å². The molecule has 18 heavy (non-hydrogen) atoms. The van der Waals surface area contributed by atoms with Gasteiger partial charge in [-0.25, -0.2) is 0 Å². The molecule has 0 aliphatic carbocycles. The van der Waals surface area contributed by atoms with E-state index in [1.807, 2.05) is 0 Å². The SMILES string of the molecule is Cc1cccc(C)c1C(CN)N1CCCCC1C. The van der Waals surface area contributed by atoms with E-state index >= 15 is 0 Å². The van der Waals surface area contributed by atoms with Crippen molar-refractivity contribution < 1.29 is 0 Å². The van der Waals surface area contributed by atoms with Crippen molar-refractivity contribution in [3.8, 4) is 0 Å². The van der Waals surface area contributed by atoms with Crippen LogP contribution in [0.1, 0.15) is 48.9 Å². The van der Waals surface area contributed by atoms with Crippen LogP contribution in [-0.4, -0.2) is 24.0 Å². The number of piperidine rings is 1. The van der Waals surface area contributed by atoms with Crippen LogP contribution in [0.5, 0.6) is 0 Å². The maximum absolute atomic E-state index is 6.09. The molecule has 2 heteroatoms. The Morgan fingerprint density at radius 2 is 1.94 bits per heavy atom. The largest absolute Gasteiger partial charge is 0.329 e. The van der Waals surface area contributed by atoms with Gasteiger partial charge in [0, 0.05) is 18.6 Å². The minimum absolute atomic E-state index is 0.390. The Balaban J connectivity index is 2.32. The topological polar surface area (TPSA) is 29.3 Å². The maximum atomic E-state index is 6.09. The fourth-order valence-corrected chi connectivity index (χ4v) is 3.36. The summed E-state index contributed by atoms with van der Waals surface area (Å²) in [7, 11) is 0. The second-order valence-electron chi connectivity index (χ2n) is 5.64. The van der Waals surface area contributed by atoms with Crippen molar-refractivity contribution in [2.75, 3.05) is 13.1 Å². The second-order valence-corrected chi connectivity index (χ2v) is 5.64. The Kier molecular flexibility index (Phi) is 4.41. The van der Waals surface area contributed by atoms with Crippen LogP contribution in [0.25, 0.3) is 0 Å². The van der Waals surface area contributed by atoms with E-state index in [4.69, 9.17) is 5.73 Å². The molecule has 2 rings (SSSR count). The van der Waals surface area contributed by atoms with Crippen molar-refractivity contribution in [3.05, 3.63) is 34.9 Å². The molecule has 1 aliphatic rings. The number of hydrogen-bond acceptors (Lipinski definition) is 2. The molecule has 1 aliphatic heterocycles. The van der Waals surface area contributed by atoms with Crippen molar-refractivity contribution in [2.45, 2.75) is 52.1 Å². The zero-order valence-corrected chi connectivity index (χ0v) is 11.9. The molecular weight excluding hydrogens is 220 g/mol. The second kappa shape index (κ2) is 5.85. The van der Waals surface area contributed by atoms with Crippen LogP contribution in [0.2, 0.25) is 0 Å². The highest BCUT2D eigenvalue weighted by Gasteiger charge is 2.27. The average Bonchev–Trinajstić information content (AvgIpc) is 2.35. The summed E-state index contributed by atoms with van der Waals surface area (Å²) in [5.74, 6) is 0. The van der Waals surface area contributed by atoms with Crippen LogP contribution < -0.4 is 5.73 Å². The lowest BCUT2D eigenvalue weighted by Crippen LogP contribution is -2.43. The minimum atomic E-state index is 0.390. The Bertz CT molecular complexity index is 380. The fraction of sp³-hybridized carbons (Fsp3) is 0.625. The lowest BCUT2D eigenvalue weighted by atomic mass is 9.92. The molecule has 1 aromatic carbocycles. The minimum Gasteiger partial charge on any atom is -0.329 e. The number of nitrogens with zero attached hydrogens (tertiary/aromatic N) is 1. The van der Waals surface area contributed by atoms with Crippen LogP contribution >= 0.6 is 0 Å². The number of hydrogen-bond donors (Lipinski definition) is 1. The van der Waals surface area contributed by atoms with E-state index in [2.05, 4.69) is 43.9 Å². The molecule has 100 valence electrons. The Morgan fingerprint density at radius 1 is 1.28 bits per heavy atom. The van der Waals surface area contributed by atoms with Gasteiger partial charge in [-0.3, -0.25) is 4.90 Å². The number of rotatable bonds is 3. The van der Waals surface area contributed by atoms with E-state index < -0.39 is 0 Å². The molecule has 1 fully saturated rings. The highest BCUT2D eigenvalue weighted by atomic mass is 15.2. The third kappa shape index (κ3) is 2.60. The first kappa shape index (κ1) is 13.6. The molecule has 0 aromatic heterocycles. The summed E-state index contributed by atoms with van der Waals surface area (Å²) in [5.41, 5.74) is 10.3. The summed E-state index contributed by atoms with van der Waals surface area (Å²) in [4.78, 5) is 2.61. The summed E-state index contributed by atoms with van der Waals surface area (Å²) in [6.45, 7) is 8.67. The fourth-order valence-electron chi connectivity index (χ4n) is 3.36. The van der Waals surface area contributed by atoms with Crippen molar-refractivity contribution in [3.63, 3.8) is 0 Å². The van der Waals surface area contributed by atoms with Crippen LogP contribution in [0.15, 0.2) is 18.2 Å². The monoisotopic (exact) mass is 246 g/mol.